The molecule has 1 aliphatic carbocycles. The molecule has 1 heterocycles. The van der Waals surface area contributed by atoms with Crippen molar-refractivity contribution < 1.29 is 0 Å². The van der Waals surface area contributed by atoms with Crippen molar-refractivity contribution in [1.29, 1.82) is 0 Å². The molecule has 0 unspecified atom stereocenters. The summed E-state index contributed by atoms with van der Waals surface area (Å²) in [4.78, 5) is 2.42. The number of nitrogens with two attached hydrogens (primary N) is 1. The van der Waals surface area contributed by atoms with Gasteiger partial charge in [-0.1, -0.05) is 20.8 Å². The molecule has 0 spiro atoms. The van der Waals surface area contributed by atoms with Crippen LogP contribution < -0.4 is 10.6 Å². The predicted molar refractivity (Wildman–Crippen MR) is 79.3 cm³/mol. The summed E-state index contributed by atoms with van der Waals surface area (Å²) in [5.41, 5.74) is 9.65. The van der Waals surface area contributed by atoms with Gasteiger partial charge in [0.25, 0.3) is 0 Å². The highest BCUT2D eigenvalue weighted by Crippen LogP contribution is 2.33. The molecule has 1 aliphatic rings. The van der Waals surface area contributed by atoms with Crippen LogP contribution in [-0.4, -0.2) is 22.8 Å². The molecule has 2 N–H and O–H groups in total. The molecule has 1 aromatic heterocycles. The van der Waals surface area contributed by atoms with Gasteiger partial charge in [0, 0.05) is 24.7 Å². The number of rotatable bonds is 7. The van der Waals surface area contributed by atoms with Crippen LogP contribution >= 0.6 is 0 Å². The van der Waals surface area contributed by atoms with E-state index in [0.717, 1.165) is 37.3 Å². The van der Waals surface area contributed by atoms with Gasteiger partial charge in [-0.15, -0.1) is 5.10 Å². The molecule has 2 rings (SSSR count). The maximum absolute atomic E-state index is 6.01. The average molecular weight is 262 g/mol. The van der Waals surface area contributed by atoms with Gasteiger partial charge < -0.3 is 10.6 Å². The van der Waals surface area contributed by atoms with Crippen molar-refractivity contribution in [2.45, 2.75) is 65.5 Å². The third kappa shape index (κ3) is 2.89. The molecule has 0 saturated heterocycles. The zero-order valence-corrected chi connectivity index (χ0v) is 12.4. The molecule has 0 radical (unpaired) electrons. The average Bonchev–Trinajstić information content (AvgIpc) is 3.27. The monoisotopic (exact) mass is 262 g/mol. The molecule has 0 atom stereocenters. The molecular formula is C15H26N4. The van der Waals surface area contributed by atoms with Crippen molar-refractivity contribution in [1.82, 2.24) is 10.2 Å². The predicted octanol–water partition coefficient (Wildman–Crippen LogP) is 2.44. The van der Waals surface area contributed by atoms with Gasteiger partial charge in [0.2, 0.25) is 0 Å². The normalized spacial score (nSPS) is 14.7. The number of aromatic nitrogens is 2. The highest BCUT2D eigenvalue weighted by atomic mass is 15.3. The molecule has 1 fully saturated rings. The van der Waals surface area contributed by atoms with Gasteiger partial charge in [0.1, 0.15) is 0 Å². The number of hydrogen-bond donors (Lipinski definition) is 1. The standard InChI is InChI=1S/C15H26N4/c1-4-9-19(11-7-8-11)15-13(10-16)12(5-2)14(6-3)17-18-15/h11H,4-10,16H2,1-3H3. The maximum Gasteiger partial charge on any atom is 0.156 e. The molecule has 4 nitrogen and oxygen atoms in total. The van der Waals surface area contributed by atoms with E-state index in [2.05, 4.69) is 35.9 Å². The van der Waals surface area contributed by atoms with E-state index in [1.807, 2.05) is 0 Å². The molecule has 1 saturated carbocycles. The summed E-state index contributed by atoms with van der Waals surface area (Å²) in [7, 11) is 0. The number of anilines is 1. The summed E-state index contributed by atoms with van der Waals surface area (Å²) >= 11 is 0. The quantitative estimate of drug-likeness (QED) is 0.820. The van der Waals surface area contributed by atoms with E-state index in [4.69, 9.17) is 5.73 Å². The molecule has 1 aromatic rings. The van der Waals surface area contributed by atoms with E-state index in [-0.39, 0.29) is 0 Å². The van der Waals surface area contributed by atoms with Gasteiger partial charge in [-0.25, -0.2) is 0 Å². The van der Waals surface area contributed by atoms with Gasteiger partial charge >= 0.3 is 0 Å². The molecular weight excluding hydrogens is 236 g/mol. The van der Waals surface area contributed by atoms with E-state index >= 15 is 0 Å². The lowest BCUT2D eigenvalue weighted by molar-refractivity contribution is 0.719. The molecule has 106 valence electrons. The molecule has 19 heavy (non-hydrogen) atoms. The lowest BCUT2D eigenvalue weighted by Gasteiger charge is -2.26. The van der Waals surface area contributed by atoms with Crippen molar-refractivity contribution in [3.8, 4) is 0 Å². The van der Waals surface area contributed by atoms with E-state index < -0.39 is 0 Å². The first-order chi connectivity index (χ1) is 9.26. The third-order valence-corrected chi connectivity index (χ3v) is 3.86. The van der Waals surface area contributed by atoms with Crippen LogP contribution in [0.25, 0.3) is 0 Å². The fourth-order valence-corrected chi connectivity index (χ4v) is 2.77. The van der Waals surface area contributed by atoms with Crippen LogP contribution in [-0.2, 0) is 19.4 Å². The van der Waals surface area contributed by atoms with Crippen molar-refractivity contribution >= 4 is 5.82 Å². The number of aryl methyl sites for hydroxylation is 1. The minimum absolute atomic E-state index is 0.563. The highest BCUT2D eigenvalue weighted by Gasteiger charge is 2.31. The zero-order valence-electron chi connectivity index (χ0n) is 12.4. The second-order valence-corrected chi connectivity index (χ2v) is 5.26. The largest absolute Gasteiger partial charge is 0.352 e. The van der Waals surface area contributed by atoms with Gasteiger partial charge in [-0.3, -0.25) is 0 Å². The Morgan fingerprint density at radius 1 is 1.11 bits per heavy atom. The van der Waals surface area contributed by atoms with Gasteiger partial charge in [0.05, 0.1) is 5.69 Å². The van der Waals surface area contributed by atoms with E-state index in [0.29, 0.717) is 12.6 Å². The Morgan fingerprint density at radius 2 is 1.84 bits per heavy atom. The maximum atomic E-state index is 6.01. The Balaban J connectivity index is 2.43. The Bertz CT molecular complexity index is 426. The first-order valence-corrected chi connectivity index (χ1v) is 7.60. The summed E-state index contributed by atoms with van der Waals surface area (Å²) < 4.78 is 0. The summed E-state index contributed by atoms with van der Waals surface area (Å²) in [5, 5.41) is 8.95. The van der Waals surface area contributed by atoms with Crippen LogP contribution in [0.3, 0.4) is 0 Å². The smallest absolute Gasteiger partial charge is 0.156 e. The SMILES string of the molecule is CCCN(c1nnc(CC)c(CC)c1CN)C1CC1. The summed E-state index contributed by atoms with van der Waals surface area (Å²) in [6.45, 7) is 8.15. The molecule has 0 amide bonds. The Morgan fingerprint density at radius 3 is 2.32 bits per heavy atom. The summed E-state index contributed by atoms with van der Waals surface area (Å²) in [6.07, 6.45) is 5.62. The van der Waals surface area contributed by atoms with Gasteiger partial charge in [-0.2, -0.15) is 5.10 Å². The second kappa shape index (κ2) is 6.33. The topological polar surface area (TPSA) is 55.0 Å². The van der Waals surface area contributed by atoms with E-state index in [1.54, 1.807) is 0 Å². The molecule has 0 bridgehead atoms. The van der Waals surface area contributed by atoms with Crippen LogP contribution in [0.1, 0.15) is 56.9 Å². The van der Waals surface area contributed by atoms with Crippen LogP contribution in [0.4, 0.5) is 5.82 Å². The Kier molecular flexibility index (Phi) is 4.75. The number of nitrogens with zero attached hydrogens (tertiary/aromatic N) is 3. The minimum atomic E-state index is 0.563. The lowest BCUT2D eigenvalue weighted by atomic mass is 10.0. The van der Waals surface area contributed by atoms with Crippen LogP contribution in [0.2, 0.25) is 0 Å². The lowest BCUT2D eigenvalue weighted by Crippen LogP contribution is -2.30. The Hall–Kier alpha value is -1.16. The van der Waals surface area contributed by atoms with Crippen LogP contribution in [0, 0.1) is 0 Å². The van der Waals surface area contributed by atoms with Gasteiger partial charge in [0.15, 0.2) is 5.82 Å². The fraction of sp³-hybridized carbons (Fsp3) is 0.733. The second-order valence-electron chi connectivity index (χ2n) is 5.26. The molecule has 0 aromatic carbocycles. The fourth-order valence-electron chi connectivity index (χ4n) is 2.77. The van der Waals surface area contributed by atoms with Crippen LogP contribution in [0.15, 0.2) is 0 Å². The Labute approximate surface area is 116 Å². The van der Waals surface area contributed by atoms with Crippen molar-refractivity contribution in [3.05, 3.63) is 16.8 Å². The first-order valence-electron chi connectivity index (χ1n) is 7.60. The van der Waals surface area contributed by atoms with Crippen molar-refractivity contribution in [2.24, 2.45) is 5.73 Å². The minimum Gasteiger partial charge on any atom is -0.352 e. The van der Waals surface area contributed by atoms with E-state index in [1.165, 1.54) is 24.0 Å². The van der Waals surface area contributed by atoms with Gasteiger partial charge in [-0.05, 0) is 37.7 Å². The van der Waals surface area contributed by atoms with E-state index in [9.17, 15) is 0 Å². The molecule has 4 heteroatoms. The zero-order chi connectivity index (χ0) is 13.8. The highest BCUT2D eigenvalue weighted by molar-refractivity contribution is 5.53. The summed E-state index contributed by atoms with van der Waals surface area (Å²) in [6, 6.07) is 0.664. The first kappa shape index (κ1) is 14.3. The number of hydrogen-bond acceptors (Lipinski definition) is 4. The third-order valence-electron chi connectivity index (χ3n) is 3.86. The van der Waals surface area contributed by atoms with Crippen molar-refractivity contribution in [3.63, 3.8) is 0 Å². The summed E-state index contributed by atoms with van der Waals surface area (Å²) in [5.74, 6) is 1.04. The van der Waals surface area contributed by atoms with Crippen molar-refractivity contribution in [2.75, 3.05) is 11.4 Å². The van der Waals surface area contributed by atoms with Crippen LogP contribution in [0.5, 0.6) is 0 Å². The molecule has 0 aliphatic heterocycles.